The third-order valence-corrected chi connectivity index (χ3v) is 3.62. The average molecular weight is 386 g/mol. The molecule has 0 aromatic carbocycles. The Morgan fingerprint density at radius 2 is 2.12 bits per heavy atom. The van der Waals surface area contributed by atoms with Crippen LogP contribution < -0.4 is 22.3 Å². The van der Waals surface area contributed by atoms with Crippen LogP contribution in [-0.2, 0) is 13.8 Å². The highest BCUT2D eigenvalue weighted by atomic mass is 31.2. The SMILES string of the molecule is NC(=O)c1nc(F)cn([C@@H]2O[C@H](COP(=O)([O-])O)C(O)[C@@H]2O)c1=O.[NH4+]. The van der Waals surface area contributed by atoms with E-state index in [1.807, 2.05) is 0 Å². The first kappa shape index (κ1) is 21.3. The summed E-state index contributed by atoms with van der Waals surface area (Å²) in [5, 5.41) is 19.7. The van der Waals surface area contributed by atoms with Crippen LogP contribution in [0.15, 0.2) is 11.0 Å². The summed E-state index contributed by atoms with van der Waals surface area (Å²) in [4.78, 5) is 45.2. The van der Waals surface area contributed by atoms with Gasteiger partial charge in [-0.25, -0.2) is 4.98 Å². The minimum absolute atomic E-state index is 0. The van der Waals surface area contributed by atoms with E-state index in [2.05, 4.69) is 9.51 Å². The predicted molar refractivity (Wildman–Crippen MR) is 74.7 cm³/mol. The first-order valence-electron chi connectivity index (χ1n) is 6.29. The summed E-state index contributed by atoms with van der Waals surface area (Å²) in [7, 11) is -5.12. The Labute approximate surface area is 138 Å². The van der Waals surface area contributed by atoms with Crippen LogP contribution in [0, 0.1) is 5.95 Å². The fourth-order valence-corrected chi connectivity index (χ4v) is 2.43. The summed E-state index contributed by atoms with van der Waals surface area (Å²) >= 11 is 0. The largest absolute Gasteiger partial charge is 0.756 e. The third-order valence-electron chi connectivity index (χ3n) is 3.15. The van der Waals surface area contributed by atoms with E-state index in [0.29, 0.717) is 10.8 Å². The highest BCUT2D eigenvalue weighted by Gasteiger charge is 2.45. The molecule has 15 heteroatoms. The molecular formula is C10H16FN4O9P. The van der Waals surface area contributed by atoms with Crippen LogP contribution in [0.4, 0.5) is 4.39 Å². The summed E-state index contributed by atoms with van der Waals surface area (Å²) in [6, 6.07) is 0. The molecule has 13 nitrogen and oxygen atoms in total. The molecule has 0 spiro atoms. The third kappa shape index (κ3) is 4.65. The molecule has 1 saturated heterocycles. The van der Waals surface area contributed by atoms with Crippen molar-refractivity contribution in [2.45, 2.75) is 24.5 Å². The van der Waals surface area contributed by atoms with Gasteiger partial charge in [0.15, 0.2) is 11.9 Å². The van der Waals surface area contributed by atoms with Gasteiger partial charge < -0.3 is 41.1 Å². The van der Waals surface area contributed by atoms with Gasteiger partial charge in [0.1, 0.15) is 18.3 Å². The van der Waals surface area contributed by atoms with Crippen molar-refractivity contribution >= 4 is 13.7 Å². The van der Waals surface area contributed by atoms with E-state index in [1.165, 1.54) is 0 Å². The van der Waals surface area contributed by atoms with Gasteiger partial charge in [0.2, 0.25) is 5.95 Å². The molecule has 1 fully saturated rings. The van der Waals surface area contributed by atoms with Crippen molar-refractivity contribution in [2.75, 3.05) is 6.61 Å². The van der Waals surface area contributed by atoms with Crippen molar-refractivity contribution in [1.82, 2.24) is 15.7 Å². The van der Waals surface area contributed by atoms with Gasteiger partial charge in [-0.2, -0.15) is 4.39 Å². The molecule has 0 radical (unpaired) electrons. The maximum absolute atomic E-state index is 13.4. The molecule has 9 N–H and O–H groups in total. The Bertz CT molecular complexity index is 752. The molecular weight excluding hydrogens is 370 g/mol. The van der Waals surface area contributed by atoms with Crippen molar-refractivity contribution < 1.29 is 43.0 Å². The molecule has 1 aliphatic rings. The number of nitrogens with two attached hydrogens (primary N) is 1. The zero-order chi connectivity index (χ0) is 18.2. The lowest BCUT2D eigenvalue weighted by molar-refractivity contribution is -0.222. The number of phosphoric ester groups is 1. The van der Waals surface area contributed by atoms with Gasteiger partial charge in [-0.3, -0.25) is 18.7 Å². The Morgan fingerprint density at radius 3 is 2.64 bits per heavy atom. The van der Waals surface area contributed by atoms with E-state index < -0.39 is 62.1 Å². The number of quaternary nitrogens is 1. The van der Waals surface area contributed by atoms with E-state index in [9.17, 15) is 33.7 Å². The van der Waals surface area contributed by atoms with E-state index in [0.717, 1.165) is 0 Å². The van der Waals surface area contributed by atoms with Crippen molar-refractivity contribution in [3.8, 4) is 0 Å². The minimum atomic E-state index is -5.12. The Balaban J connectivity index is 0.00000312. The topological polar surface area (TPSA) is 234 Å². The van der Waals surface area contributed by atoms with Gasteiger partial charge in [0, 0.05) is 0 Å². The highest BCUT2D eigenvalue weighted by Crippen LogP contribution is 2.34. The molecule has 5 atom stereocenters. The number of rotatable bonds is 5. The molecule has 1 aliphatic heterocycles. The summed E-state index contributed by atoms with van der Waals surface area (Å²) in [5.41, 5.74) is 2.73. The smallest absolute Gasteiger partial charge is 0.284 e. The molecule has 1 aromatic rings. The van der Waals surface area contributed by atoms with Gasteiger partial charge in [0.25, 0.3) is 19.3 Å². The summed E-state index contributed by atoms with van der Waals surface area (Å²) in [6.07, 6.45) is -6.19. The van der Waals surface area contributed by atoms with Gasteiger partial charge in [-0.15, -0.1) is 0 Å². The number of amides is 1. The number of hydrogen-bond acceptors (Lipinski definition) is 9. The molecule has 0 saturated carbocycles. The van der Waals surface area contributed by atoms with Crippen molar-refractivity contribution in [2.24, 2.45) is 5.73 Å². The standard InChI is InChI=1S/C10H13FN3O9P.H3N/c11-4-1-14(9(18)5(13-4)8(12)17)10-7(16)6(15)3(23-10)2-22-24(19,20)21;/h1,3,6-7,10,15-16H,2H2,(H2,12,17)(H2,19,20,21);1H3/t3-,6?,7+,10-;/m1./s1. The van der Waals surface area contributed by atoms with Gasteiger partial charge in [0.05, 0.1) is 12.8 Å². The van der Waals surface area contributed by atoms with Gasteiger partial charge >= 0.3 is 0 Å². The van der Waals surface area contributed by atoms with Crippen LogP contribution in [0.2, 0.25) is 0 Å². The number of aliphatic hydroxyl groups is 2. The maximum atomic E-state index is 13.4. The molecule has 1 aromatic heterocycles. The number of aromatic nitrogens is 2. The Morgan fingerprint density at radius 1 is 1.52 bits per heavy atom. The number of primary amides is 1. The van der Waals surface area contributed by atoms with Crippen molar-refractivity contribution in [3.05, 3.63) is 28.2 Å². The summed E-state index contributed by atoms with van der Waals surface area (Å²) in [6.45, 7) is -0.878. The van der Waals surface area contributed by atoms with Crippen LogP contribution >= 0.6 is 7.82 Å². The van der Waals surface area contributed by atoms with Gasteiger partial charge in [-0.05, 0) is 0 Å². The number of aliphatic hydroxyl groups excluding tert-OH is 2. The first-order chi connectivity index (χ1) is 11.0. The second-order valence-corrected chi connectivity index (χ2v) is 5.99. The van der Waals surface area contributed by atoms with Crippen LogP contribution in [0.25, 0.3) is 0 Å². The fourth-order valence-electron chi connectivity index (χ4n) is 2.09. The molecule has 2 unspecified atom stereocenters. The first-order valence-corrected chi connectivity index (χ1v) is 7.79. The quantitative estimate of drug-likeness (QED) is 0.321. The number of phosphoric acid groups is 1. The van der Waals surface area contributed by atoms with Crippen molar-refractivity contribution in [3.63, 3.8) is 0 Å². The number of carbonyl (C=O) groups excluding carboxylic acids is 1. The van der Waals surface area contributed by atoms with E-state index in [-0.39, 0.29) is 6.15 Å². The maximum Gasteiger partial charge on any atom is 0.284 e. The lowest BCUT2D eigenvalue weighted by Gasteiger charge is -2.20. The fraction of sp³-hybridized carbons (Fsp3) is 0.500. The Kier molecular flexibility index (Phi) is 6.50. The lowest BCUT2D eigenvalue weighted by Crippen LogP contribution is -2.38. The second-order valence-electron chi connectivity index (χ2n) is 4.80. The lowest BCUT2D eigenvalue weighted by atomic mass is 10.1. The summed E-state index contributed by atoms with van der Waals surface area (Å²) < 4.78 is 33.5. The van der Waals surface area contributed by atoms with Crippen molar-refractivity contribution in [1.29, 1.82) is 0 Å². The number of hydrogen-bond donors (Lipinski definition) is 5. The number of nitrogens with zero attached hydrogens (tertiary/aromatic N) is 2. The monoisotopic (exact) mass is 386 g/mol. The molecule has 0 aliphatic carbocycles. The van der Waals surface area contributed by atoms with E-state index in [1.54, 1.807) is 0 Å². The van der Waals surface area contributed by atoms with Crippen LogP contribution in [0.1, 0.15) is 16.7 Å². The zero-order valence-corrected chi connectivity index (χ0v) is 13.6. The predicted octanol–water partition coefficient (Wildman–Crippen LogP) is -3.05. The number of carbonyl (C=O) groups is 1. The molecule has 1 amide bonds. The van der Waals surface area contributed by atoms with Gasteiger partial charge in [-0.1, -0.05) is 0 Å². The minimum Gasteiger partial charge on any atom is -0.756 e. The number of halogens is 1. The average Bonchev–Trinajstić information content (AvgIpc) is 2.74. The highest BCUT2D eigenvalue weighted by molar-refractivity contribution is 7.44. The van der Waals surface area contributed by atoms with E-state index >= 15 is 0 Å². The number of ether oxygens (including phenoxy) is 1. The van der Waals surface area contributed by atoms with E-state index in [4.69, 9.17) is 15.4 Å². The molecule has 2 rings (SSSR count). The van der Waals surface area contributed by atoms with Crippen LogP contribution in [0.5, 0.6) is 0 Å². The zero-order valence-electron chi connectivity index (χ0n) is 12.7. The van der Waals surface area contributed by atoms with Crippen LogP contribution in [0.3, 0.4) is 0 Å². The molecule has 25 heavy (non-hydrogen) atoms. The molecule has 0 bridgehead atoms. The second kappa shape index (κ2) is 7.63. The molecule has 2 heterocycles. The molecule has 142 valence electrons. The Hall–Kier alpha value is -1.77. The summed E-state index contributed by atoms with van der Waals surface area (Å²) in [5.74, 6) is -2.61. The normalized spacial score (nSPS) is 28.2. The van der Waals surface area contributed by atoms with Crippen LogP contribution in [-0.4, -0.2) is 55.5 Å².